The lowest BCUT2D eigenvalue weighted by Gasteiger charge is -2.42. The molecular formula is C26H50N3O+. The van der Waals surface area contributed by atoms with Crippen LogP contribution in [0.1, 0.15) is 118 Å². The van der Waals surface area contributed by atoms with E-state index in [1.807, 2.05) is 0 Å². The Morgan fingerprint density at radius 2 is 1.57 bits per heavy atom. The first-order valence-electron chi connectivity index (χ1n) is 12.9. The third kappa shape index (κ3) is 10.2. The number of unbranched alkanes of at least 4 members (excludes halogenated alkanes) is 11. The van der Waals surface area contributed by atoms with E-state index >= 15 is 0 Å². The molecule has 1 N–H and O–H groups in total. The van der Waals surface area contributed by atoms with Crippen molar-refractivity contribution in [1.82, 2.24) is 5.32 Å². The molecule has 174 valence electrons. The number of hydrogen-bond donors (Lipinski definition) is 1. The molecular weight excluding hydrogens is 370 g/mol. The summed E-state index contributed by atoms with van der Waals surface area (Å²) in [5.41, 5.74) is 0. The number of aliphatic imine (C=N–C) groups is 1. The number of carbonyl (C=O) groups excluding carboxylic acids is 1. The summed E-state index contributed by atoms with van der Waals surface area (Å²) in [6, 6.07) is 0. The lowest BCUT2D eigenvalue weighted by atomic mass is 10.0. The van der Waals surface area contributed by atoms with E-state index in [9.17, 15) is 4.79 Å². The van der Waals surface area contributed by atoms with Crippen LogP contribution in [0.25, 0.3) is 0 Å². The van der Waals surface area contributed by atoms with Gasteiger partial charge in [0.15, 0.2) is 12.3 Å². The predicted octanol–water partition coefficient (Wildman–Crippen LogP) is 6.75. The number of nitrogens with one attached hydrogen (secondary N) is 1. The van der Waals surface area contributed by atoms with Crippen LogP contribution in [-0.4, -0.2) is 42.0 Å². The SMILES string of the molecule is CCCC/C=C/CCCCCCCCCCCC1N=CC[N+]1(CC)C(C)NC(C)=O. The summed E-state index contributed by atoms with van der Waals surface area (Å²) in [6.45, 7) is 10.2. The Kier molecular flexibility index (Phi) is 14.8. The molecule has 1 aliphatic heterocycles. The summed E-state index contributed by atoms with van der Waals surface area (Å²) in [7, 11) is 0. The van der Waals surface area contributed by atoms with Crippen molar-refractivity contribution >= 4 is 12.1 Å². The zero-order valence-electron chi connectivity index (χ0n) is 20.5. The fourth-order valence-corrected chi connectivity index (χ4v) is 4.74. The Morgan fingerprint density at radius 1 is 1.00 bits per heavy atom. The second kappa shape index (κ2) is 16.5. The molecule has 0 spiro atoms. The molecule has 0 bridgehead atoms. The van der Waals surface area contributed by atoms with Crippen LogP contribution in [0, 0.1) is 0 Å². The molecule has 0 aromatic rings. The fourth-order valence-electron chi connectivity index (χ4n) is 4.74. The zero-order valence-corrected chi connectivity index (χ0v) is 20.5. The van der Waals surface area contributed by atoms with Gasteiger partial charge in [-0.1, -0.05) is 76.9 Å². The van der Waals surface area contributed by atoms with Crippen molar-refractivity contribution in [2.75, 3.05) is 13.1 Å². The first kappa shape index (κ1) is 26.9. The third-order valence-electron chi connectivity index (χ3n) is 6.79. The molecule has 0 saturated heterocycles. The van der Waals surface area contributed by atoms with Gasteiger partial charge in [0.25, 0.3) is 0 Å². The highest BCUT2D eigenvalue weighted by molar-refractivity contribution is 5.73. The van der Waals surface area contributed by atoms with E-state index in [-0.39, 0.29) is 12.1 Å². The molecule has 0 aromatic heterocycles. The maximum atomic E-state index is 11.5. The van der Waals surface area contributed by atoms with Crippen LogP contribution in [0.5, 0.6) is 0 Å². The fraction of sp³-hybridized carbons (Fsp3) is 0.846. The molecule has 1 heterocycles. The number of nitrogens with zero attached hydrogens (tertiary/aromatic N) is 2. The summed E-state index contributed by atoms with van der Waals surface area (Å²) in [5, 5.41) is 3.11. The van der Waals surface area contributed by atoms with E-state index in [1.54, 1.807) is 6.92 Å². The number of amides is 1. The molecule has 0 aromatic carbocycles. The van der Waals surface area contributed by atoms with Crippen LogP contribution < -0.4 is 5.32 Å². The van der Waals surface area contributed by atoms with Crippen LogP contribution >= 0.6 is 0 Å². The van der Waals surface area contributed by atoms with Crippen LogP contribution in [0.15, 0.2) is 17.1 Å². The van der Waals surface area contributed by atoms with Crippen LogP contribution in [-0.2, 0) is 4.79 Å². The van der Waals surface area contributed by atoms with Gasteiger partial charge in [-0.2, -0.15) is 0 Å². The van der Waals surface area contributed by atoms with Crippen molar-refractivity contribution in [3.05, 3.63) is 12.2 Å². The normalized spacial score (nSPS) is 22.1. The standard InChI is InChI=1S/C26H49N3O/c1-5-7-8-9-10-11-12-13-14-15-16-17-18-19-20-21-26-27-22-23-29(26,6-2)24(3)28-25(4)30/h9-10,22,24,26H,5-8,11-21,23H2,1-4H3/p+1/b10-9+. The lowest BCUT2D eigenvalue weighted by Crippen LogP contribution is -2.63. The van der Waals surface area contributed by atoms with E-state index in [4.69, 9.17) is 4.99 Å². The minimum atomic E-state index is 0.0579. The first-order valence-corrected chi connectivity index (χ1v) is 12.9. The van der Waals surface area contributed by atoms with Crippen molar-refractivity contribution in [2.45, 2.75) is 130 Å². The maximum Gasteiger partial charge on any atom is 0.221 e. The van der Waals surface area contributed by atoms with E-state index < -0.39 is 0 Å². The topological polar surface area (TPSA) is 41.5 Å². The molecule has 3 unspecified atom stereocenters. The highest BCUT2D eigenvalue weighted by Crippen LogP contribution is 2.27. The molecule has 0 fully saturated rings. The van der Waals surface area contributed by atoms with Crippen molar-refractivity contribution < 1.29 is 9.28 Å². The van der Waals surface area contributed by atoms with E-state index in [1.165, 1.54) is 83.5 Å². The second-order valence-electron chi connectivity index (χ2n) is 9.16. The molecule has 1 rings (SSSR count). The average Bonchev–Trinajstić information content (AvgIpc) is 3.14. The number of quaternary nitrogens is 1. The van der Waals surface area contributed by atoms with Gasteiger partial charge in [-0.15, -0.1) is 0 Å². The quantitative estimate of drug-likeness (QED) is 0.149. The number of hydrogen-bond acceptors (Lipinski definition) is 2. The van der Waals surface area contributed by atoms with Crippen molar-refractivity contribution in [1.29, 1.82) is 0 Å². The van der Waals surface area contributed by atoms with Crippen LogP contribution in [0.2, 0.25) is 0 Å². The highest BCUT2D eigenvalue weighted by Gasteiger charge is 2.42. The van der Waals surface area contributed by atoms with E-state index in [0.717, 1.165) is 24.0 Å². The largest absolute Gasteiger partial charge is 0.307 e. The molecule has 0 radical (unpaired) electrons. The summed E-state index contributed by atoms with van der Waals surface area (Å²) in [4.78, 5) is 16.3. The Morgan fingerprint density at radius 3 is 2.13 bits per heavy atom. The van der Waals surface area contributed by atoms with Gasteiger partial charge in [0.1, 0.15) is 6.54 Å². The highest BCUT2D eigenvalue weighted by atomic mass is 16.1. The van der Waals surface area contributed by atoms with Crippen molar-refractivity contribution in [3.63, 3.8) is 0 Å². The molecule has 0 aliphatic carbocycles. The van der Waals surface area contributed by atoms with Gasteiger partial charge in [-0.3, -0.25) is 9.28 Å². The third-order valence-corrected chi connectivity index (χ3v) is 6.79. The molecule has 30 heavy (non-hydrogen) atoms. The van der Waals surface area contributed by atoms with Gasteiger partial charge in [-0.25, -0.2) is 4.99 Å². The zero-order chi connectivity index (χ0) is 22.1. The predicted molar refractivity (Wildman–Crippen MR) is 131 cm³/mol. The molecule has 0 saturated carbocycles. The Hall–Kier alpha value is -1.16. The number of carbonyl (C=O) groups is 1. The average molecular weight is 421 g/mol. The molecule has 1 aliphatic rings. The molecule has 4 heteroatoms. The maximum absolute atomic E-state index is 11.5. The second-order valence-corrected chi connectivity index (χ2v) is 9.16. The monoisotopic (exact) mass is 420 g/mol. The molecule has 4 nitrogen and oxygen atoms in total. The van der Waals surface area contributed by atoms with Gasteiger partial charge in [-0.05, 0) is 32.6 Å². The van der Waals surface area contributed by atoms with Gasteiger partial charge in [0, 0.05) is 20.3 Å². The Balaban J connectivity index is 2.05. The minimum absolute atomic E-state index is 0.0579. The van der Waals surface area contributed by atoms with Crippen LogP contribution in [0.3, 0.4) is 0 Å². The minimum Gasteiger partial charge on any atom is -0.307 e. The Labute approximate surface area is 187 Å². The van der Waals surface area contributed by atoms with Crippen LogP contribution in [0.4, 0.5) is 0 Å². The van der Waals surface area contributed by atoms with Crippen molar-refractivity contribution in [2.24, 2.45) is 4.99 Å². The summed E-state index contributed by atoms with van der Waals surface area (Å²) >= 11 is 0. The molecule has 3 atom stereocenters. The van der Waals surface area contributed by atoms with Gasteiger partial charge < -0.3 is 5.32 Å². The summed E-state index contributed by atoms with van der Waals surface area (Å²) < 4.78 is 0.882. The van der Waals surface area contributed by atoms with Gasteiger partial charge >= 0.3 is 0 Å². The summed E-state index contributed by atoms with van der Waals surface area (Å²) in [5.74, 6) is 0.0579. The smallest absolute Gasteiger partial charge is 0.221 e. The molecule has 1 amide bonds. The summed E-state index contributed by atoms with van der Waals surface area (Å²) in [6.07, 6.45) is 25.8. The van der Waals surface area contributed by atoms with E-state index in [0.29, 0.717) is 6.17 Å². The number of rotatable bonds is 18. The lowest BCUT2D eigenvalue weighted by molar-refractivity contribution is -0.959. The first-order chi connectivity index (χ1) is 14.6. The van der Waals surface area contributed by atoms with Gasteiger partial charge in [0.05, 0.1) is 12.8 Å². The van der Waals surface area contributed by atoms with Crippen molar-refractivity contribution in [3.8, 4) is 0 Å². The van der Waals surface area contributed by atoms with E-state index in [2.05, 4.69) is 44.5 Å². The Bertz CT molecular complexity index is 503. The number of allylic oxidation sites excluding steroid dienone is 2. The van der Waals surface area contributed by atoms with Gasteiger partial charge in [0.2, 0.25) is 5.91 Å².